The van der Waals surface area contributed by atoms with E-state index in [0.717, 1.165) is 6.42 Å². The number of allylic oxidation sites excluding steroid dienone is 2. The van der Waals surface area contributed by atoms with E-state index < -0.39 is 0 Å². The van der Waals surface area contributed by atoms with Gasteiger partial charge in [0.2, 0.25) is 0 Å². The van der Waals surface area contributed by atoms with E-state index >= 15 is 0 Å². The maximum absolute atomic E-state index is 3.87. The van der Waals surface area contributed by atoms with E-state index in [0.29, 0.717) is 0 Å². The molecule has 0 saturated carbocycles. The van der Waals surface area contributed by atoms with Crippen LogP contribution in [0.15, 0.2) is 6.08 Å². The van der Waals surface area contributed by atoms with Gasteiger partial charge >= 0.3 is 0 Å². The van der Waals surface area contributed by atoms with E-state index in [-0.39, 0.29) is 0 Å². The second kappa shape index (κ2) is 14.7. The topological polar surface area (TPSA) is 0 Å². The van der Waals surface area contributed by atoms with Crippen molar-refractivity contribution >= 4 is 0 Å². The van der Waals surface area contributed by atoms with Crippen LogP contribution in [0.3, 0.4) is 0 Å². The second-order valence-corrected chi connectivity index (χ2v) is 4.67. The SMILES string of the molecule is [CH2]CCCCCCCCCCCC/C=[C]/C. The van der Waals surface area contributed by atoms with Gasteiger partial charge in [-0.2, -0.15) is 0 Å². The van der Waals surface area contributed by atoms with Gasteiger partial charge in [0.05, 0.1) is 0 Å². The molecule has 2 radical (unpaired) electrons. The van der Waals surface area contributed by atoms with Crippen molar-refractivity contribution in [1.29, 1.82) is 0 Å². The van der Waals surface area contributed by atoms with Crippen LogP contribution in [-0.2, 0) is 0 Å². The maximum Gasteiger partial charge on any atom is -0.0345 e. The molecule has 0 rings (SSSR count). The Bertz CT molecular complexity index is 135. The van der Waals surface area contributed by atoms with E-state index in [1.807, 2.05) is 6.92 Å². The lowest BCUT2D eigenvalue weighted by molar-refractivity contribution is 0.553. The highest BCUT2D eigenvalue weighted by Gasteiger charge is 1.92. The van der Waals surface area contributed by atoms with E-state index in [2.05, 4.69) is 19.1 Å². The van der Waals surface area contributed by atoms with Gasteiger partial charge in [-0.05, 0) is 19.8 Å². The average molecular weight is 222 g/mol. The third kappa shape index (κ3) is 13.7. The molecule has 0 aliphatic heterocycles. The first-order valence-corrected chi connectivity index (χ1v) is 7.20. The van der Waals surface area contributed by atoms with E-state index in [9.17, 15) is 0 Å². The highest BCUT2D eigenvalue weighted by Crippen LogP contribution is 2.11. The Kier molecular flexibility index (Phi) is 14.5. The number of rotatable bonds is 12. The van der Waals surface area contributed by atoms with Crippen LogP contribution < -0.4 is 0 Å². The van der Waals surface area contributed by atoms with Crippen molar-refractivity contribution in [2.75, 3.05) is 0 Å². The van der Waals surface area contributed by atoms with Gasteiger partial charge in [0, 0.05) is 0 Å². The van der Waals surface area contributed by atoms with Crippen LogP contribution in [0.5, 0.6) is 0 Å². The van der Waals surface area contributed by atoms with Gasteiger partial charge in [-0.25, -0.2) is 0 Å². The zero-order valence-corrected chi connectivity index (χ0v) is 11.3. The smallest absolute Gasteiger partial charge is 0.0345 e. The minimum absolute atomic E-state index is 1.11. The average Bonchev–Trinajstić information content (AvgIpc) is 2.31. The summed E-state index contributed by atoms with van der Waals surface area (Å²) in [6.07, 6.45) is 21.7. The monoisotopic (exact) mass is 222 g/mol. The van der Waals surface area contributed by atoms with Gasteiger partial charge in [0.25, 0.3) is 0 Å². The molecule has 0 nitrogen and oxygen atoms in total. The summed E-state index contributed by atoms with van der Waals surface area (Å²) in [6, 6.07) is 0. The molecule has 94 valence electrons. The van der Waals surface area contributed by atoms with Crippen LogP contribution in [0.1, 0.15) is 84.0 Å². The summed E-state index contributed by atoms with van der Waals surface area (Å²) in [5.41, 5.74) is 0. The van der Waals surface area contributed by atoms with Crippen LogP contribution in [0.4, 0.5) is 0 Å². The van der Waals surface area contributed by atoms with Crippen molar-refractivity contribution in [3.05, 3.63) is 19.1 Å². The van der Waals surface area contributed by atoms with E-state index in [1.54, 1.807) is 0 Å². The lowest BCUT2D eigenvalue weighted by Crippen LogP contribution is -1.81. The molecule has 0 saturated heterocycles. The number of hydrogen-bond acceptors (Lipinski definition) is 0. The predicted octanol–water partition coefficient (Wildman–Crippen LogP) is 5.88. The van der Waals surface area contributed by atoms with Gasteiger partial charge < -0.3 is 0 Å². The quantitative estimate of drug-likeness (QED) is 0.362. The normalized spacial score (nSPS) is 11.4. The van der Waals surface area contributed by atoms with Crippen molar-refractivity contribution < 1.29 is 0 Å². The van der Waals surface area contributed by atoms with Crippen molar-refractivity contribution in [3.8, 4) is 0 Å². The van der Waals surface area contributed by atoms with Gasteiger partial charge in [0.15, 0.2) is 0 Å². The molecule has 0 N–H and O–H groups in total. The molecule has 0 aliphatic carbocycles. The third-order valence-corrected chi connectivity index (χ3v) is 3.05. The Labute approximate surface area is 104 Å². The highest BCUT2D eigenvalue weighted by atomic mass is 14.0. The molecule has 0 fully saturated rings. The molecule has 0 aromatic heterocycles. The fourth-order valence-corrected chi connectivity index (χ4v) is 1.98. The predicted molar refractivity (Wildman–Crippen MR) is 74.2 cm³/mol. The standard InChI is InChI=1S/C16H30/c1-3-5-7-9-11-13-15-16-14-12-10-8-6-4-2/h6H,1,3,5,7-16H2,2H3. The first-order valence-electron chi connectivity index (χ1n) is 7.20. The zero-order chi connectivity index (χ0) is 11.9. The lowest BCUT2D eigenvalue weighted by Gasteiger charge is -2.01. The summed E-state index contributed by atoms with van der Waals surface area (Å²) >= 11 is 0. The molecule has 0 aromatic carbocycles. The molecule has 0 heteroatoms. The fourth-order valence-electron chi connectivity index (χ4n) is 1.98. The van der Waals surface area contributed by atoms with Crippen LogP contribution in [0.25, 0.3) is 0 Å². The Morgan fingerprint density at radius 3 is 1.62 bits per heavy atom. The van der Waals surface area contributed by atoms with Crippen LogP contribution in [0, 0.1) is 13.0 Å². The fraction of sp³-hybridized carbons (Fsp3) is 0.812. The lowest BCUT2D eigenvalue weighted by atomic mass is 10.1. The van der Waals surface area contributed by atoms with Crippen molar-refractivity contribution in [2.24, 2.45) is 0 Å². The first-order chi connectivity index (χ1) is 7.91. The Balaban J connectivity index is 2.88. The number of unbranched alkanes of at least 4 members (excludes halogenated alkanes) is 11. The number of hydrogen-bond donors (Lipinski definition) is 0. The summed E-state index contributed by atoms with van der Waals surface area (Å²) < 4.78 is 0. The summed E-state index contributed by atoms with van der Waals surface area (Å²) in [4.78, 5) is 0. The Morgan fingerprint density at radius 2 is 1.19 bits per heavy atom. The Hall–Kier alpha value is -0.260. The maximum atomic E-state index is 3.87. The van der Waals surface area contributed by atoms with Crippen molar-refractivity contribution in [2.45, 2.75) is 84.0 Å². The minimum Gasteiger partial charge on any atom is -0.0813 e. The first kappa shape index (κ1) is 15.7. The van der Waals surface area contributed by atoms with Gasteiger partial charge in [-0.15, -0.1) is 0 Å². The third-order valence-electron chi connectivity index (χ3n) is 3.05. The van der Waals surface area contributed by atoms with Crippen LogP contribution in [-0.4, -0.2) is 0 Å². The van der Waals surface area contributed by atoms with E-state index in [1.165, 1.54) is 70.6 Å². The Morgan fingerprint density at radius 1 is 0.750 bits per heavy atom. The minimum atomic E-state index is 1.11. The molecule has 0 spiro atoms. The molecule has 0 aliphatic rings. The molecule has 0 unspecified atom stereocenters. The molecule has 16 heavy (non-hydrogen) atoms. The molecule has 0 amide bonds. The van der Waals surface area contributed by atoms with E-state index in [4.69, 9.17) is 0 Å². The second-order valence-electron chi connectivity index (χ2n) is 4.67. The van der Waals surface area contributed by atoms with Crippen molar-refractivity contribution in [3.63, 3.8) is 0 Å². The van der Waals surface area contributed by atoms with Gasteiger partial charge in [-0.1, -0.05) is 83.3 Å². The zero-order valence-electron chi connectivity index (χ0n) is 11.3. The van der Waals surface area contributed by atoms with Gasteiger partial charge in [-0.3, -0.25) is 0 Å². The largest absolute Gasteiger partial charge is 0.0813 e. The molecule has 0 bridgehead atoms. The molecular weight excluding hydrogens is 192 g/mol. The summed E-state index contributed by atoms with van der Waals surface area (Å²) in [5.74, 6) is 0. The van der Waals surface area contributed by atoms with Crippen LogP contribution in [0.2, 0.25) is 0 Å². The van der Waals surface area contributed by atoms with Crippen molar-refractivity contribution in [1.82, 2.24) is 0 Å². The highest BCUT2D eigenvalue weighted by molar-refractivity contribution is 4.69. The summed E-state index contributed by atoms with van der Waals surface area (Å²) in [6.45, 7) is 5.85. The molecule has 0 heterocycles. The molecular formula is C16H30. The summed E-state index contributed by atoms with van der Waals surface area (Å²) in [5, 5.41) is 0. The van der Waals surface area contributed by atoms with Crippen LogP contribution >= 0.6 is 0 Å². The summed E-state index contributed by atoms with van der Waals surface area (Å²) in [7, 11) is 0. The molecule has 0 atom stereocenters. The van der Waals surface area contributed by atoms with Gasteiger partial charge in [0.1, 0.15) is 0 Å². The molecule has 0 aromatic rings.